The summed E-state index contributed by atoms with van der Waals surface area (Å²) in [6.45, 7) is 15.8. The predicted molar refractivity (Wildman–Crippen MR) is 129 cm³/mol. The molecule has 8 heteroatoms. The number of methoxy groups -OCH3 is 1. The van der Waals surface area contributed by atoms with Crippen LogP contribution in [-0.2, 0) is 14.0 Å². The lowest BCUT2D eigenvalue weighted by molar-refractivity contribution is -0.123. The molecule has 1 aromatic heterocycles. The van der Waals surface area contributed by atoms with Crippen LogP contribution in [0.25, 0.3) is 11.1 Å². The lowest BCUT2D eigenvalue weighted by atomic mass is 9.85. The first-order valence-electron chi connectivity index (χ1n) is 10.5. The maximum Gasteiger partial charge on any atom is 0.342 e. The number of nitrogens with two attached hydrogens (primary N) is 1. The van der Waals surface area contributed by atoms with Crippen LogP contribution >= 0.6 is 0 Å². The molecule has 0 fully saturated rings. The molecule has 175 valence electrons. The van der Waals surface area contributed by atoms with Crippen molar-refractivity contribution >= 4 is 32.3 Å². The highest BCUT2D eigenvalue weighted by Gasteiger charge is 2.34. The summed E-state index contributed by atoms with van der Waals surface area (Å²) in [5.41, 5.74) is 7.59. The molecule has 0 aliphatic rings. The molecular weight excluding hydrogens is 424 g/mol. The number of hydrogen-bond donors (Lipinski definition) is 2. The third kappa shape index (κ3) is 5.61. The van der Waals surface area contributed by atoms with E-state index in [1.54, 1.807) is 39.2 Å². The van der Waals surface area contributed by atoms with Crippen molar-refractivity contribution in [2.45, 2.75) is 60.7 Å². The summed E-state index contributed by atoms with van der Waals surface area (Å²) < 4.78 is 17.1. The van der Waals surface area contributed by atoms with Crippen LogP contribution in [0.2, 0.25) is 13.1 Å². The van der Waals surface area contributed by atoms with Gasteiger partial charge in [0.2, 0.25) is 14.9 Å². The Bertz CT molecular complexity index is 983. The third-order valence-electron chi connectivity index (χ3n) is 4.93. The molecule has 1 unspecified atom stereocenters. The zero-order chi connectivity index (χ0) is 24.4. The Kier molecular flexibility index (Phi) is 7.62. The van der Waals surface area contributed by atoms with E-state index >= 15 is 0 Å². The number of nitrogens with one attached hydrogen (secondary N) is 1. The van der Waals surface area contributed by atoms with Crippen molar-refractivity contribution in [1.29, 1.82) is 0 Å². The van der Waals surface area contributed by atoms with E-state index in [4.69, 9.17) is 19.3 Å². The molecule has 0 aliphatic heterocycles. The van der Waals surface area contributed by atoms with Gasteiger partial charge in [0, 0.05) is 16.5 Å². The van der Waals surface area contributed by atoms with Gasteiger partial charge < -0.3 is 24.6 Å². The number of nitrogen functional groups attached to an aromatic ring is 1. The van der Waals surface area contributed by atoms with Gasteiger partial charge in [-0.1, -0.05) is 47.6 Å². The SMILES string of the molecule is COC(=O)c1c(NC(=O)C(C)(C)C)ccc(-c2ccoc2C(O[Si](C)C)C(C)(C)C)c1N. The zero-order valence-electron chi connectivity index (χ0n) is 20.5. The van der Waals surface area contributed by atoms with E-state index in [1.165, 1.54) is 7.11 Å². The average Bonchev–Trinajstić information content (AvgIpc) is 3.13. The van der Waals surface area contributed by atoms with Crippen molar-refractivity contribution in [2.75, 3.05) is 18.2 Å². The summed E-state index contributed by atoms with van der Waals surface area (Å²) in [4.78, 5) is 25.2. The first-order valence-corrected chi connectivity index (χ1v) is 13.0. The summed E-state index contributed by atoms with van der Waals surface area (Å²) in [6.07, 6.45) is 1.30. The van der Waals surface area contributed by atoms with Crippen LogP contribution in [0.3, 0.4) is 0 Å². The van der Waals surface area contributed by atoms with E-state index in [0.29, 0.717) is 17.0 Å². The molecule has 0 spiro atoms. The molecule has 1 radical (unpaired) electrons. The smallest absolute Gasteiger partial charge is 0.342 e. The van der Waals surface area contributed by atoms with Gasteiger partial charge in [-0.2, -0.15) is 0 Å². The van der Waals surface area contributed by atoms with Crippen molar-refractivity contribution in [1.82, 2.24) is 0 Å². The van der Waals surface area contributed by atoms with Gasteiger partial charge >= 0.3 is 5.97 Å². The number of carbonyl (C=O) groups excluding carboxylic acids is 2. The molecule has 7 nitrogen and oxygen atoms in total. The van der Waals surface area contributed by atoms with E-state index in [1.807, 2.05) is 6.07 Å². The number of hydrogen-bond acceptors (Lipinski definition) is 6. The molecule has 1 aromatic carbocycles. The highest BCUT2D eigenvalue weighted by Crippen LogP contribution is 2.44. The second-order valence-corrected chi connectivity index (χ2v) is 12.2. The number of ether oxygens (including phenoxy) is 1. The maximum absolute atomic E-state index is 12.6. The highest BCUT2D eigenvalue weighted by molar-refractivity contribution is 6.48. The van der Waals surface area contributed by atoms with Crippen molar-refractivity contribution < 1.29 is 23.2 Å². The lowest BCUT2D eigenvalue weighted by Crippen LogP contribution is -2.28. The van der Waals surface area contributed by atoms with E-state index in [9.17, 15) is 9.59 Å². The minimum Gasteiger partial charge on any atom is -0.466 e. The molecule has 2 rings (SSSR count). The molecule has 0 saturated heterocycles. The summed E-state index contributed by atoms with van der Waals surface area (Å²) >= 11 is 0. The van der Waals surface area contributed by atoms with Gasteiger partial charge in [0.05, 0.1) is 24.7 Å². The van der Waals surface area contributed by atoms with Gasteiger partial charge in [-0.15, -0.1) is 0 Å². The highest BCUT2D eigenvalue weighted by atomic mass is 28.3. The molecule has 3 N–H and O–H groups in total. The van der Waals surface area contributed by atoms with E-state index in [-0.39, 0.29) is 28.7 Å². The minimum absolute atomic E-state index is 0.110. The fraction of sp³-hybridized carbons (Fsp3) is 0.500. The van der Waals surface area contributed by atoms with Gasteiger partial charge in [0.25, 0.3) is 0 Å². The molecule has 1 heterocycles. The Labute approximate surface area is 192 Å². The summed E-state index contributed by atoms with van der Waals surface area (Å²) in [7, 11) is 0.260. The van der Waals surface area contributed by atoms with E-state index < -0.39 is 20.4 Å². The number of anilines is 2. The second kappa shape index (κ2) is 9.50. The van der Waals surface area contributed by atoms with Crippen molar-refractivity contribution in [3.8, 4) is 11.1 Å². The number of amides is 1. The molecule has 1 atom stereocenters. The molecule has 0 aliphatic carbocycles. The van der Waals surface area contributed by atoms with E-state index in [2.05, 4.69) is 39.2 Å². The second-order valence-electron chi connectivity index (χ2n) is 10.1. The van der Waals surface area contributed by atoms with Crippen LogP contribution in [0.1, 0.15) is 63.8 Å². The Balaban J connectivity index is 2.65. The quantitative estimate of drug-likeness (QED) is 0.328. The number of esters is 1. The lowest BCUT2D eigenvalue weighted by Gasteiger charge is -2.31. The van der Waals surface area contributed by atoms with Gasteiger partial charge in [-0.3, -0.25) is 4.79 Å². The summed E-state index contributed by atoms with van der Waals surface area (Å²) in [6, 6.07) is 5.26. The fourth-order valence-corrected chi connectivity index (χ4v) is 4.13. The Morgan fingerprint density at radius 2 is 1.69 bits per heavy atom. The summed E-state index contributed by atoms with van der Waals surface area (Å²) in [5.74, 6) is -0.215. The van der Waals surface area contributed by atoms with Crippen LogP contribution < -0.4 is 11.1 Å². The molecule has 0 saturated carbocycles. The first-order chi connectivity index (χ1) is 14.7. The van der Waals surface area contributed by atoms with Gasteiger partial charge in [0.15, 0.2) is 0 Å². The topological polar surface area (TPSA) is 104 Å². The summed E-state index contributed by atoms with van der Waals surface area (Å²) in [5, 5.41) is 2.80. The molecule has 1 amide bonds. The predicted octanol–water partition coefficient (Wildman–Crippen LogP) is 5.65. The molecule has 2 aromatic rings. The number of carbonyl (C=O) groups is 2. The van der Waals surface area contributed by atoms with Crippen LogP contribution in [0.4, 0.5) is 11.4 Å². The van der Waals surface area contributed by atoms with E-state index in [0.717, 1.165) is 5.56 Å². The molecular formula is C24H35N2O5Si. The first kappa shape index (κ1) is 25.7. The van der Waals surface area contributed by atoms with Gasteiger partial charge in [0.1, 0.15) is 17.4 Å². The van der Waals surface area contributed by atoms with Gasteiger partial charge in [-0.25, -0.2) is 4.79 Å². The average molecular weight is 460 g/mol. The largest absolute Gasteiger partial charge is 0.466 e. The number of rotatable bonds is 6. The number of benzene rings is 1. The number of furan rings is 1. The Hall–Kier alpha value is -2.58. The maximum atomic E-state index is 12.6. The standard InChI is InChI=1S/C24H35N2O5Si/c1-23(2,3)20(31-32(8)9)19-15(12-13-30-19)14-10-11-16(26-22(28)24(4,5)6)17(18(14)25)21(27)29-7/h10-13,20H,25H2,1-9H3,(H,26,28). The van der Waals surface area contributed by atoms with Crippen molar-refractivity contribution in [3.63, 3.8) is 0 Å². The monoisotopic (exact) mass is 459 g/mol. The Morgan fingerprint density at radius 3 is 2.19 bits per heavy atom. The van der Waals surface area contributed by atoms with Crippen LogP contribution in [0.5, 0.6) is 0 Å². The molecule has 0 bridgehead atoms. The molecule has 32 heavy (non-hydrogen) atoms. The normalized spacial score (nSPS) is 13.2. The van der Waals surface area contributed by atoms with Crippen LogP contribution in [0.15, 0.2) is 28.9 Å². The Morgan fingerprint density at radius 1 is 1.06 bits per heavy atom. The van der Waals surface area contributed by atoms with Crippen LogP contribution in [-0.4, -0.2) is 28.0 Å². The fourth-order valence-electron chi connectivity index (χ4n) is 3.20. The van der Waals surface area contributed by atoms with Crippen molar-refractivity contribution in [3.05, 3.63) is 35.8 Å². The zero-order valence-corrected chi connectivity index (χ0v) is 21.5. The third-order valence-corrected chi connectivity index (χ3v) is 5.64. The van der Waals surface area contributed by atoms with Crippen LogP contribution in [0, 0.1) is 10.8 Å². The van der Waals surface area contributed by atoms with Crippen molar-refractivity contribution in [2.24, 2.45) is 10.8 Å². The minimum atomic E-state index is -1.02. The van der Waals surface area contributed by atoms with Gasteiger partial charge in [-0.05, 0) is 30.6 Å².